The van der Waals surface area contributed by atoms with Gasteiger partial charge in [0, 0.05) is 0 Å². The average Bonchev–Trinajstić information content (AvgIpc) is 2.11. The number of nitrogens with one attached hydrogen (secondary N) is 1. The molecule has 1 atom stereocenters. The third kappa shape index (κ3) is 8.71. The van der Waals surface area contributed by atoms with Crippen molar-refractivity contribution in [1.82, 2.24) is 5.32 Å². The summed E-state index contributed by atoms with van der Waals surface area (Å²) in [5.74, 6) is 0.0545. The van der Waals surface area contributed by atoms with E-state index in [0.29, 0.717) is 5.92 Å². The Kier molecular flexibility index (Phi) is 6.96. The molecule has 7 heteroatoms. The second-order valence-corrected chi connectivity index (χ2v) is 5.82. The molecule has 88 valence electrons. The summed E-state index contributed by atoms with van der Waals surface area (Å²) in [6.45, 7) is 5.08. The van der Waals surface area contributed by atoms with Crippen LogP contribution in [0.3, 0.4) is 0 Å². The standard InChI is InChI=1S/C8H18BNO4S/c1-7(2)3-4-10-5-8(11)6-15(13,14)9-12/h7-8,10-11H,3-6H2,1-2H3. The fraction of sp³-hybridized carbons (Fsp3) is 1.00. The van der Waals surface area contributed by atoms with E-state index in [9.17, 15) is 18.2 Å². The van der Waals surface area contributed by atoms with Crippen molar-refractivity contribution in [3.05, 3.63) is 0 Å². The number of rotatable bonds is 8. The summed E-state index contributed by atoms with van der Waals surface area (Å²) in [5, 5.41) is 12.2. The molecule has 0 aromatic rings. The molecule has 0 radical (unpaired) electrons. The predicted molar refractivity (Wildman–Crippen MR) is 58.6 cm³/mol. The Morgan fingerprint density at radius 3 is 2.47 bits per heavy atom. The first-order valence-electron chi connectivity index (χ1n) is 4.94. The van der Waals surface area contributed by atoms with Crippen LogP contribution in [0.25, 0.3) is 0 Å². The van der Waals surface area contributed by atoms with E-state index in [-0.39, 0.29) is 13.0 Å². The van der Waals surface area contributed by atoms with Crippen LogP contribution in [-0.2, 0) is 14.4 Å². The molecule has 1 unspecified atom stereocenters. The van der Waals surface area contributed by atoms with Crippen LogP contribution in [0.5, 0.6) is 0 Å². The first kappa shape index (κ1) is 14.7. The molecule has 5 nitrogen and oxygen atoms in total. The van der Waals surface area contributed by atoms with Gasteiger partial charge in [-0.15, -0.1) is 0 Å². The van der Waals surface area contributed by atoms with Gasteiger partial charge in [0.25, 0.3) is 0 Å². The van der Waals surface area contributed by atoms with Crippen molar-refractivity contribution < 1.29 is 18.2 Å². The van der Waals surface area contributed by atoms with E-state index < -0.39 is 21.5 Å². The van der Waals surface area contributed by atoms with Crippen LogP contribution in [0.4, 0.5) is 0 Å². The molecule has 0 aliphatic carbocycles. The first-order valence-corrected chi connectivity index (χ1v) is 6.65. The maximum absolute atomic E-state index is 10.8. The monoisotopic (exact) mass is 235 g/mol. The SMILES string of the molecule is CC(C)CCNCC(O)CS(=O)(=O)B=O. The summed E-state index contributed by atoms with van der Waals surface area (Å²) < 4.78 is 31.7. The number of hydrogen-bond donors (Lipinski definition) is 2. The van der Waals surface area contributed by atoms with E-state index in [1.165, 1.54) is 0 Å². The zero-order valence-electron chi connectivity index (χ0n) is 9.14. The summed E-state index contributed by atoms with van der Waals surface area (Å²) in [5.41, 5.74) is 0. The molecule has 0 fully saturated rings. The summed E-state index contributed by atoms with van der Waals surface area (Å²) in [6.07, 6.45) is -0.176. The fourth-order valence-corrected chi connectivity index (χ4v) is 1.76. The molecule has 0 heterocycles. The molecule has 2 N–H and O–H groups in total. The number of aliphatic hydroxyl groups excluding tert-OH is 1. The van der Waals surface area contributed by atoms with Crippen LogP contribution in [-0.4, -0.2) is 44.9 Å². The van der Waals surface area contributed by atoms with E-state index >= 15 is 0 Å². The van der Waals surface area contributed by atoms with Gasteiger partial charge in [-0.05, 0) is 0 Å². The van der Waals surface area contributed by atoms with Crippen LogP contribution in [0, 0.1) is 5.92 Å². The zero-order valence-corrected chi connectivity index (χ0v) is 9.96. The van der Waals surface area contributed by atoms with Crippen LogP contribution in [0.2, 0.25) is 0 Å². The molecule has 0 saturated carbocycles. The van der Waals surface area contributed by atoms with Gasteiger partial charge in [-0.2, -0.15) is 0 Å². The second kappa shape index (κ2) is 7.08. The molecule has 0 aromatic carbocycles. The van der Waals surface area contributed by atoms with Crippen molar-refractivity contribution in [2.75, 3.05) is 18.8 Å². The quantitative estimate of drug-likeness (QED) is 0.432. The van der Waals surface area contributed by atoms with Crippen molar-refractivity contribution in [3.63, 3.8) is 0 Å². The van der Waals surface area contributed by atoms with Gasteiger partial charge in [-0.1, -0.05) is 0 Å². The Morgan fingerprint density at radius 1 is 1.40 bits per heavy atom. The van der Waals surface area contributed by atoms with Gasteiger partial charge in [0.15, 0.2) is 0 Å². The maximum atomic E-state index is 10.8. The Bertz CT molecular complexity index is 278. The van der Waals surface area contributed by atoms with E-state index in [2.05, 4.69) is 19.2 Å². The first-order chi connectivity index (χ1) is 6.87. The van der Waals surface area contributed by atoms with Crippen molar-refractivity contribution in [2.24, 2.45) is 5.92 Å². The van der Waals surface area contributed by atoms with E-state index in [1.807, 2.05) is 0 Å². The predicted octanol–water partition coefficient (Wildman–Crippen LogP) is -0.637. The molecule has 0 rings (SSSR count). The minimum absolute atomic E-state index is 0.121. The molecule has 0 saturated heterocycles. The second-order valence-electron chi connectivity index (χ2n) is 3.97. The molecule has 15 heavy (non-hydrogen) atoms. The topological polar surface area (TPSA) is 83.5 Å². The van der Waals surface area contributed by atoms with Gasteiger partial charge >= 0.3 is 90.8 Å². The summed E-state index contributed by atoms with van der Waals surface area (Å²) in [4.78, 5) is 0. The number of aliphatic hydroxyl groups is 1. The Hall–Kier alpha value is -0.265. The van der Waals surface area contributed by atoms with Crippen LogP contribution in [0.1, 0.15) is 20.3 Å². The molecule has 0 aromatic heterocycles. The van der Waals surface area contributed by atoms with Gasteiger partial charge in [-0.3, -0.25) is 0 Å². The fourth-order valence-electron chi connectivity index (χ4n) is 1.03. The molecule has 0 spiro atoms. The summed E-state index contributed by atoms with van der Waals surface area (Å²) >= 11 is 0. The van der Waals surface area contributed by atoms with Crippen molar-refractivity contribution in [3.8, 4) is 0 Å². The van der Waals surface area contributed by atoms with E-state index in [4.69, 9.17) is 0 Å². The average molecular weight is 235 g/mol. The van der Waals surface area contributed by atoms with Crippen molar-refractivity contribution >= 4 is 16.1 Å². The van der Waals surface area contributed by atoms with E-state index in [0.717, 1.165) is 13.0 Å². The van der Waals surface area contributed by atoms with Crippen molar-refractivity contribution in [2.45, 2.75) is 26.4 Å². The molecule has 0 aliphatic rings. The summed E-state index contributed by atoms with van der Waals surface area (Å²) in [7, 11) is -3.74. The van der Waals surface area contributed by atoms with Crippen LogP contribution in [0.15, 0.2) is 0 Å². The zero-order chi connectivity index (χ0) is 11.9. The molecule has 0 aliphatic heterocycles. The van der Waals surface area contributed by atoms with Crippen LogP contribution >= 0.6 is 0 Å². The van der Waals surface area contributed by atoms with Gasteiger partial charge < -0.3 is 0 Å². The van der Waals surface area contributed by atoms with E-state index in [1.54, 1.807) is 0 Å². The summed E-state index contributed by atoms with van der Waals surface area (Å²) in [6, 6.07) is 0. The normalized spacial score (nSPS) is 13.9. The Morgan fingerprint density at radius 2 is 2.00 bits per heavy atom. The molecule has 0 bridgehead atoms. The van der Waals surface area contributed by atoms with Gasteiger partial charge in [-0.25, -0.2) is 0 Å². The van der Waals surface area contributed by atoms with Gasteiger partial charge in [0.05, 0.1) is 0 Å². The molecule has 0 amide bonds. The Labute approximate surface area is 91.3 Å². The van der Waals surface area contributed by atoms with Gasteiger partial charge in [0.2, 0.25) is 0 Å². The van der Waals surface area contributed by atoms with Crippen molar-refractivity contribution in [1.29, 1.82) is 0 Å². The van der Waals surface area contributed by atoms with Crippen LogP contribution < -0.4 is 5.32 Å². The number of hydrogen-bond acceptors (Lipinski definition) is 5. The third-order valence-corrected chi connectivity index (χ3v) is 2.99. The Balaban J connectivity index is 3.67. The minimum atomic E-state index is -3.74. The molecular weight excluding hydrogens is 217 g/mol. The van der Waals surface area contributed by atoms with Gasteiger partial charge in [0.1, 0.15) is 0 Å². The third-order valence-electron chi connectivity index (χ3n) is 1.85. The molecular formula is C8H18BNO4S.